The van der Waals surface area contributed by atoms with E-state index in [2.05, 4.69) is 10.6 Å². The molecule has 9 nitrogen and oxygen atoms in total. The Labute approximate surface area is 218 Å². The molecule has 10 heteroatoms. The number of nitrogens with one attached hydrogen (secondary N) is 2. The van der Waals surface area contributed by atoms with Gasteiger partial charge in [-0.05, 0) is 49.7 Å². The van der Waals surface area contributed by atoms with Gasteiger partial charge < -0.3 is 15.1 Å². The summed E-state index contributed by atoms with van der Waals surface area (Å²) in [7, 11) is -3.59. The van der Waals surface area contributed by atoms with Crippen molar-refractivity contribution in [2.24, 2.45) is 11.8 Å². The minimum Gasteiger partial charge on any atom is -0.451 e. The number of Topliss-reactive ketones (excluding diaryl/α,β-unsaturated/α-hetero) is 1. The third-order valence-electron chi connectivity index (χ3n) is 7.26. The zero-order valence-corrected chi connectivity index (χ0v) is 22.4. The molecule has 37 heavy (non-hydrogen) atoms. The molecular weight excluding hydrogens is 494 g/mol. The molecule has 0 spiro atoms. The van der Waals surface area contributed by atoms with Gasteiger partial charge in [0.15, 0.2) is 11.5 Å². The van der Waals surface area contributed by atoms with Crippen LogP contribution in [0.2, 0.25) is 0 Å². The van der Waals surface area contributed by atoms with Crippen LogP contribution in [0.4, 0.5) is 0 Å². The molecule has 1 aliphatic heterocycles. The van der Waals surface area contributed by atoms with Crippen LogP contribution in [0.1, 0.15) is 69.3 Å². The first-order valence-electron chi connectivity index (χ1n) is 13.2. The molecule has 2 aliphatic rings. The van der Waals surface area contributed by atoms with E-state index in [0.29, 0.717) is 18.5 Å². The number of rotatable bonds is 8. The Morgan fingerprint density at radius 3 is 2.54 bits per heavy atom. The molecule has 1 saturated carbocycles. The van der Waals surface area contributed by atoms with Crippen LogP contribution in [0.25, 0.3) is 11.0 Å². The standard InChI is InChI=1S/C27H37N3O6S/c1-18(2)14-22(29-27(33)25-15-20-10-6-7-11-24(20)36-25)26(32)28-21-12-13-37(34,35)30(17-23(21)31)16-19-8-4-3-5-9-19/h6-7,10-11,15,18-19,21-22H,3-5,8-9,12-14,16-17H2,1-2H3,(H,28,32)(H,29,33). The Morgan fingerprint density at radius 2 is 1.84 bits per heavy atom. The Hall–Kier alpha value is -2.72. The summed E-state index contributed by atoms with van der Waals surface area (Å²) < 4.78 is 32.7. The summed E-state index contributed by atoms with van der Waals surface area (Å²) in [6.07, 6.45) is 5.65. The van der Waals surface area contributed by atoms with Gasteiger partial charge in [0, 0.05) is 11.9 Å². The van der Waals surface area contributed by atoms with Crippen LogP contribution in [0.5, 0.6) is 0 Å². The summed E-state index contributed by atoms with van der Waals surface area (Å²) in [5.41, 5.74) is 0.570. The second-order valence-corrected chi connectivity index (χ2v) is 12.8. The van der Waals surface area contributed by atoms with Crippen LogP contribution < -0.4 is 10.6 Å². The first-order chi connectivity index (χ1) is 17.6. The number of nitrogens with zero attached hydrogens (tertiary/aromatic N) is 1. The molecule has 1 aromatic heterocycles. The predicted octanol–water partition coefficient (Wildman–Crippen LogP) is 3.25. The zero-order valence-electron chi connectivity index (χ0n) is 21.6. The van der Waals surface area contributed by atoms with Gasteiger partial charge in [-0.3, -0.25) is 14.4 Å². The van der Waals surface area contributed by atoms with E-state index < -0.39 is 33.9 Å². The lowest BCUT2D eigenvalue weighted by atomic mass is 9.89. The van der Waals surface area contributed by atoms with Gasteiger partial charge in [-0.15, -0.1) is 0 Å². The number of para-hydroxylation sites is 1. The fourth-order valence-electron chi connectivity index (χ4n) is 5.23. The average molecular weight is 532 g/mol. The molecule has 2 amide bonds. The van der Waals surface area contributed by atoms with Gasteiger partial charge in [0.25, 0.3) is 5.91 Å². The molecular formula is C27H37N3O6S. The second kappa shape index (κ2) is 11.8. The molecule has 0 radical (unpaired) electrons. The quantitative estimate of drug-likeness (QED) is 0.539. The van der Waals surface area contributed by atoms with Crippen LogP contribution in [-0.2, 0) is 19.6 Å². The molecule has 1 aromatic carbocycles. The van der Waals surface area contributed by atoms with Crippen molar-refractivity contribution in [1.82, 2.24) is 14.9 Å². The van der Waals surface area contributed by atoms with Gasteiger partial charge in [0.05, 0.1) is 18.3 Å². The van der Waals surface area contributed by atoms with Crippen molar-refractivity contribution in [2.45, 2.75) is 70.9 Å². The number of ketones is 1. The Balaban J connectivity index is 1.42. The van der Waals surface area contributed by atoms with E-state index in [4.69, 9.17) is 4.42 Å². The smallest absolute Gasteiger partial charge is 0.287 e. The Morgan fingerprint density at radius 1 is 1.11 bits per heavy atom. The zero-order chi connectivity index (χ0) is 26.6. The van der Waals surface area contributed by atoms with Crippen LogP contribution in [0.15, 0.2) is 34.7 Å². The summed E-state index contributed by atoms with van der Waals surface area (Å²) in [5, 5.41) is 6.25. The lowest BCUT2D eigenvalue weighted by Crippen LogP contribution is -2.52. The summed E-state index contributed by atoms with van der Waals surface area (Å²) in [4.78, 5) is 39.2. The van der Waals surface area contributed by atoms with Crippen LogP contribution in [0, 0.1) is 11.8 Å². The second-order valence-electron chi connectivity index (χ2n) is 10.7. The minimum absolute atomic E-state index is 0.0139. The van der Waals surface area contributed by atoms with E-state index in [-0.39, 0.29) is 42.1 Å². The first kappa shape index (κ1) is 27.3. The number of hydrogen-bond donors (Lipinski definition) is 2. The molecule has 2 fully saturated rings. The van der Waals surface area contributed by atoms with E-state index in [1.807, 2.05) is 32.0 Å². The number of sulfonamides is 1. The number of carbonyl (C=O) groups is 3. The van der Waals surface area contributed by atoms with Crippen molar-refractivity contribution < 1.29 is 27.2 Å². The van der Waals surface area contributed by atoms with E-state index in [9.17, 15) is 22.8 Å². The van der Waals surface area contributed by atoms with E-state index in [1.165, 1.54) is 10.7 Å². The number of fused-ring (bicyclic) bond motifs is 1. The van der Waals surface area contributed by atoms with E-state index in [1.54, 1.807) is 12.1 Å². The lowest BCUT2D eigenvalue weighted by molar-refractivity contribution is -0.129. The topological polar surface area (TPSA) is 126 Å². The first-order valence-corrected chi connectivity index (χ1v) is 14.8. The van der Waals surface area contributed by atoms with Crippen molar-refractivity contribution in [3.8, 4) is 0 Å². The molecule has 2 aromatic rings. The van der Waals surface area contributed by atoms with Crippen molar-refractivity contribution in [3.05, 3.63) is 36.1 Å². The normalized spacial score (nSPS) is 22.0. The Bertz CT molecular complexity index is 1200. The summed E-state index contributed by atoms with van der Waals surface area (Å²) in [5.74, 6) is -1.10. The van der Waals surface area contributed by atoms with Crippen molar-refractivity contribution in [1.29, 1.82) is 0 Å². The minimum atomic E-state index is -3.59. The van der Waals surface area contributed by atoms with Gasteiger partial charge in [-0.25, -0.2) is 8.42 Å². The maximum absolute atomic E-state index is 13.2. The molecule has 0 bridgehead atoms. The number of carbonyl (C=O) groups excluding carboxylic acids is 3. The average Bonchev–Trinajstić information content (AvgIpc) is 3.26. The maximum Gasteiger partial charge on any atom is 0.287 e. The Kier molecular flexibility index (Phi) is 8.69. The fraction of sp³-hybridized carbons (Fsp3) is 0.593. The van der Waals surface area contributed by atoms with Gasteiger partial charge in [-0.1, -0.05) is 51.3 Å². The van der Waals surface area contributed by atoms with E-state index in [0.717, 1.165) is 31.1 Å². The third-order valence-corrected chi connectivity index (χ3v) is 9.08. The molecule has 2 N–H and O–H groups in total. The molecule has 1 aliphatic carbocycles. The number of amides is 2. The summed E-state index contributed by atoms with van der Waals surface area (Å²) in [6, 6.07) is 7.04. The maximum atomic E-state index is 13.2. The lowest BCUT2D eigenvalue weighted by Gasteiger charge is -2.27. The SMILES string of the molecule is CC(C)CC(NC(=O)c1cc2ccccc2o1)C(=O)NC1CCS(=O)(=O)N(CC2CCCCC2)CC1=O. The third kappa shape index (κ3) is 6.98. The molecule has 2 unspecified atom stereocenters. The summed E-state index contributed by atoms with van der Waals surface area (Å²) in [6.45, 7) is 3.99. The highest BCUT2D eigenvalue weighted by atomic mass is 32.2. The number of hydrogen-bond acceptors (Lipinski definition) is 6. The number of furan rings is 1. The van der Waals surface area contributed by atoms with Crippen molar-refractivity contribution in [2.75, 3.05) is 18.8 Å². The highest BCUT2D eigenvalue weighted by molar-refractivity contribution is 7.89. The van der Waals surface area contributed by atoms with E-state index >= 15 is 0 Å². The van der Waals surface area contributed by atoms with Crippen LogP contribution in [-0.4, -0.2) is 61.2 Å². The van der Waals surface area contributed by atoms with Crippen LogP contribution >= 0.6 is 0 Å². The molecule has 202 valence electrons. The highest BCUT2D eigenvalue weighted by Crippen LogP contribution is 2.26. The molecule has 2 atom stereocenters. The largest absolute Gasteiger partial charge is 0.451 e. The van der Waals surface area contributed by atoms with Crippen LogP contribution in [0.3, 0.4) is 0 Å². The molecule has 1 saturated heterocycles. The van der Waals surface area contributed by atoms with Gasteiger partial charge in [0.1, 0.15) is 11.6 Å². The predicted molar refractivity (Wildman–Crippen MR) is 140 cm³/mol. The molecule has 2 heterocycles. The van der Waals surface area contributed by atoms with Gasteiger partial charge in [0.2, 0.25) is 15.9 Å². The molecule has 4 rings (SSSR count). The monoisotopic (exact) mass is 531 g/mol. The van der Waals surface area contributed by atoms with Gasteiger partial charge in [-0.2, -0.15) is 4.31 Å². The van der Waals surface area contributed by atoms with Gasteiger partial charge >= 0.3 is 0 Å². The fourth-order valence-corrected chi connectivity index (χ4v) is 6.78. The number of benzene rings is 1. The highest BCUT2D eigenvalue weighted by Gasteiger charge is 2.36. The summed E-state index contributed by atoms with van der Waals surface area (Å²) >= 11 is 0. The van der Waals surface area contributed by atoms with Crippen molar-refractivity contribution >= 4 is 38.6 Å². The van der Waals surface area contributed by atoms with Crippen molar-refractivity contribution in [3.63, 3.8) is 0 Å².